The van der Waals surface area contributed by atoms with Crippen LogP contribution in [0.1, 0.15) is 11.1 Å². The Morgan fingerprint density at radius 1 is 1.21 bits per heavy atom. The van der Waals surface area contributed by atoms with Gasteiger partial charge in [-0.25, -0.2) is 4.39 Å². The summed E-state index contributed by atoms with van der Waals surface area (Å²) in [5.41, 5.74) is 6.17. The third kappa shape index (κ3) is 2.89. The van der Waals surface area contributed by atoms with Crippen molar-refractivity contribution in [2.75, 3.05) is 0 Å². The van der Waals surface area contributed by atoms with E-state index in [-0.39, 0.29) is 23.8 Å². The van der Waals surface area contributed by atoms with E-state index in [0.29, 0.717) is 11.3 Å². The molecule has 2 aromatic carbocycles. The molecule has 98 valence electrons. The Balaban J connectivity index is 2.41. The van der Waals surface area contributed by atoms with Gasteiger partial charge in [0.15, 0.2) is 0 Å². The fraction of sp³-hybridized carbons (Fsp3) is 0.0714. The van der Waals surface area contributed by atoms with Gasteiger partial charge in [0.05, 0.1) is 12.2 Å². The van der Waals surface area contributed by atoms with Crippen molar-refractivity contribution in [1.29, 1.82) is 5.41 Å². The van der Waals surface area contributed by atoms with Gasteiger partial charge in [-0.15, -0.1) is 0 Å². The maximum Gasteiger partial charge on any atom is 0.138 e. The molecule has 0 aliphatic rings. The van der Waals surface area contributed by atoms with Crippen LogP contribution in [0, 0.1) is 11.2 Å². The molecule has 4 nitrogen and oxygen atoms in total. The van der Waals surface area contributed by atoms with Gasteiger partial charge in [0.25, 0.3) is 0 Å². The lowest BCUT2D eigenvalue weighted by atomic mass is 10.1. The number of hydrogen-bond acceptors (Lipinski definition) is 3. The summed E-state index contributed by atoms with van der Waals surface area (Å²) >= 11 is 0. The van der Waals surface area contributed by atoms with Crippen LogP contribution in [0.5, 0.6) is 11.5 Å². The first-order valence-electron chi connectivity index (χ1n) is 5.62. The second-order valence-electron chi connectivity index (χ2n) is 3.92. The maximum atomic E-state index is 13.1. The highest BCUT2D eigenvalue weighted by atomic mass is 19.1. The zero-order valence-corrected chi connectivity index (χ0v) is 10.1. The second kappa shape index (κ2) is 5.49. The standard InChI is InChI=1S/C14H13FN2O2/c15-10-5-6-13(11(7-10)14(16)17)19-12-4-2-1-3-9(12)8-18/h1-7,18H,8H2,(H3,16,17). The van der Waals surface area contributed by atoms with Gasteiger partial charge in [0, 0.05) is 5.56 Å². The molecular weight excluding hydrogens is 247 g/mol. The predicted molar refractivity (Wildman–Crippen MR) is 69.9 cm³/mol. The van der Waals surface area contributed by atoms with E-state index in [0.717, 1.165) is 6.07 Å². The van der Waals surface area contributed by atoms with Gasteiger partial charge in [-0.1, -0.05) is 18.2 Å². The smallest absolute Gasteiger partial charge is 0.138 e. The van der Waals surface area contributed by atoms with Crippen LogP contribution in [-0.4, -0.2) is 10.9 Å². The summed E-state index contributed by atoms with van der Waals surface area (Å²) in [6.07, 6.45) is 0. The third-order valence-corrected chi connectivity index (χ3v) is 2.59. The van der Waals surface area contributed by atoms with E-state index in [1.54, 1.807) is 24.3 Å². The van der Waals surface area contributed by atoms with Crippen LogP contribution in [0.4, 0.5) is 4.39 Å². The minimum Gasteiger partial charge on any atom is -0.456 e. The second-order valence-corrected chi connectivity index (χ2v) is 3.92. The molecule has 0 fully saturated rings. The fourth-order valence-corrected chi connectivity index (χ4v) is 1.65. The van der Waals surface area contributed by atoms with Gasteiger partial charge in [0.2, 0.25) is 0 Å². The van der Waals surface area contributed by atoms with Crippen molar-refractivity contribution in [2.45, 2.75) is 6.61 Å². The van der Waals surface area contributed by atoms with Gasteiger partial charge in [-0.3, -0.25) is 5.41 Å². The van der Waals surface area contributed by atoms with E-state index in [9.17, 15) is 9.50 Å². The van der Waals surface area contributed by atoms with Crippen molar-refractivity contribution in [1.82, 2.24) is 0 Å². The number of amidine groups is 1. The molecule has 0 saturated heterocycles. The molecule has 5 heteroatoms. The lowest BCUT2D eigenvalue weighted by Gasteiger charge is -2.12. The minimum atomic E-state index is -0.493. The summed E-state index contributed by atoms with van der Waals surface area (Å²) in [5.74, 6) is -0.0575. The molecule has 2 aromatic rings. The molecule has 0 spiro atoms. The fourth-order valence-electron chi connectivity index (χ4n) is 1.65. The van der Waals surface area contributed by atoms with Crippen molar-refractivity contribution in [3.05, 3.63) is 59.4 Å². The summed E-state index contributed by atoms with van der Waals surface area (Å²) in [6, 6.07) is 10.7. The monoisotopic (exact) mass is 260 g/mol. The minimum absolute atomic E-state index is 0.174. The number of benzene rings is 2. The van der Waals surface area contributed by atoms with E-state index >= 15 is 0 Å². The first-order valence-corrected chi connectivity index (χ1v) is 5.62. The number of aliphatic hydroxyl groups excluding tert-OH is 1. The Labute approximate surface area is 109 Å². The lowest BCUT2D eigenvalue weighted by molar-refractivity contribution is 0.276. The zero-order valence-electron chi connectivity index (χ0n) is 10.1. The number of nitrogen functional groups attached to an aromatic ring is 1. The molecule has 0 aromatic heterocycles. The number of ether oxygens (including phenoxy) is 1. The molecular formula is C14H13FN2O2. The van der Waals surface area contributed by atoms with E-state index in [4.69, 9.17) is 15.9 Å². The molecule has 0 bridgehead atoms. The molecule has 0 aliphatic heterocycles. The normalized spacial score (nSPS) is 10.2. The number of para-hydroxylation sites is 1. The highest BCUT2D eigenvalue weighted by molar-refractivity contribution is 5.97. The largest absolute Gasteiger partial charge is 0.456 e. The van der Waals surface area contributed by atoms with Gasteiger partial charge >= 0.3 is 0 Å². The van der Waals surface area contributed by atoms with Crippen molar-refractivity contribution >= 4 is 5.84 Å². The van der Waals surface area contributed by atoms with Gasteiger partial charge in [-0.05, 0) is 24.3 Å². The average Bonchev–Trinajstić information content (AvgIpc) is 2.41. The summed E-state index contributed by atoms with van der Waals surface area (Å²) in [6.45, 7) is -0.174. The lowest BCUT2D eigenvalue weighted by Crippen LogP contribution is -2.12. The maximum absolute atomic E-state index is 13.1. The van der Waals surface area contributed by atoms with Crippen LogP contribution in [0.2, 0.25) is 0 Å². The Morgan fingerprint density at radius 2 is 1.95 bits per heavy atom. The number of halogens is 1. The molecule has 0 amide bonds. The molecule has 2 rings (SSSR count). The van der Waals surface area contributed by atoms with Crippen LogP contribution in [0.25, 0.3) is 0 Å². The van der Waals surface area contributed by atoms with Crippen molar-refractivity contribution < 1.29 is 14.2 Å². The quantitative estimate of drug-likeness (QED) is 0.583. The Morgan fingerprint density at radius 3 is 2.63 bits per heavy atom. The van der Waals surface area contributed by atoms with Crippen LogP contribution < -0.4 is 10.5 Å². The Bertz CT molecular complexity index is 614. The molecule has 0 unspecified atom stereocenters. The molecule has 0 atom stereocenters. The van der Waals surface area contributed by atoms with E-state index in [1.807, 2.05) is 0 Å². The van der Waals surface area contributed by atoms with Gasteiger partial charge in [0.1, 0.15) is 23.2 Å². The Kier molecular flexibility index (Phi) is 3.77. The molecule has 0 radical (unpaired) electrons. The third-order valence-electron chi connectivity index (χ3n) is 2.59. The molecule has 19 heavy (non-hydrogen) atoms. The van der Waals surface area contributed by atoms with Crippen molar-refractivity contribution in [2.24, 2.45) is 5.73 Å². The summed E-state index contributed by atoms with van der Waals surface area (Å²) in [7, 11) is 0. The number of aliphatic hydroxyl groups is 1. The van der Waals surface area contributed by atoms with Crippen LogP contribution in [-0.2, 0) is 6.61 Å². The van der Waals surface area contributed by atoms with Crippen LogP contribution in [0.15, 0.2) is 42.5 Å². The van der Waals surface area contributed by atoms with Crippen molar-refractivity contribution in [3.63, 3.8) is 0 Å². The van der Waals surface area contributed by atoms with Gasteiger partial charge in [-0.2, -0.15) is 0 Å². The first-order chi connectivity index (χ1) is 9.11. The topological polar surface area (TPSA) is 79.3 Å². The molecule has 0 heterocycles. The zero-order chi connectivity index (χ0) is 13.8. The first kappa shape index (κ1) is 13.0. The number of hydrogen-bond donors (Lipinski definition) is 3. The summed E-state index contributed by atoms with van der Waals surface area (Å²) in [5, 5.41) is 16.6. The van der Waals surface area contributed by atoms with Gasteiger partial charge < -0.3 is 15.6 Å². The molecule has 0 aliphatic carbocycles. The average molecular weight is 260 g/mol. The highest BCUT2D eigenvalue weighted by Gasteiger charge is 2.11. The number of nitrogens with one attached hydrogen (secondary N) is 1. The SMILES string of the molecule is N=C(N)c1cc(F)ccc1Oc1ccccc1CO. The number of rotatable bonds is 4. The summed E-state index contributed by atoms with van der Waals surface area (Å²) in [4.78, 5) is 0. The van der Waals surface area contributed by atoms with Crippen LogP contribution in [0.3, 0.4) is 0 Å². The van der Waals surface area contributed by atoms with Crippen molar-refractivity contribution in [3.8, 4) is 11.5 Å². The van der Waals surface area contributed by atoms with Crippen LogP contribution >= 0.6 is 0 Å². The van der Waals surface area contributed by atoms with E-state index in [2.05, 4.69) is 0 Å². The van der Waals surface area contributed by atoms with E-state index in [1.165, 1.54) is 12.1 Å². The Hall–Kier alpha value is -2.40. The predicted octanol–water partition coefficient (Wildman–Crippen LogP) is 2.39. The number of nitrogens with two attached hydrogens (primary N) is 1. The molecule has 4 N–H and O–H groups in total. The summed E-state index contributed by atoms with van der Waals surface area (Å²) < 4.78 is 18.7. The highest BCUT2D eigenvalue weighted by Crippen LogP contribution is 2.28. The molecule has 0 saturated carbocycles. The van der Waals surface area contributed by atoms with E-state index < -0.39 is 5.82 Å².